The molecule has 0 fully saturated rings. The second-order valence-corrected chi connectivity index (χ2v) is 8.94. The minimum Gasteiger partial charge on any atom is -0.506 e. The quantitative estimate of drug-likeness (QED) is 0.150. The van der Waals surface area contributed by atoms with Crippen molar-refractivity contribution >= 4 is 63.1 Å². The van der Waals surface area contributed by atoms with E-state index in [-0.39, 0.29) is 35.4 Å². The van der Waals surface area contributed by atoms with Gasteiger partial charge in [-0.15, -0.1) is 5.10 Å². The summed E-state index contributed by atoms with van der Waals surface area (Å²) < 4.78 is 26.1. The Morgan fingerprint density at radius 3 is 2.76 bits per heavy atom. The van der Waals surface area contributed by atoms with Crippen LogP contribution in [0.4, 0.5) is 10.2 Å². The molecular weight excluding hydrogens is 677 g/mol. The number of aromatic hydroxyl groups is 1. The number of hydrogen-bond acceptors (Lipinski definition) is 10. The van der Waals surface area contributed by atoms with E-state index in [1.807, 2.05) is 22.6 Å². The van der Waals surface area contributed by atoms with Crippen LogP contribution in [-0.4, -0.2) is 42.5 Å². The van der Waals surface area contributed by atoms with Crippen molar-refractivity contribution in [3.63, 3.8) is 0 Å². The summed E-state index contributed by atoms with van der Waals surface area (Å²) in [4.78, 5) is 12.8. The van der Waals surface area contributed by atoms with Gasteiger partial charge in [-0.25, -0.2) is 14.4 Å². The molecule has 2 heterocycles. The lowest BCUT2D eigenvalue weighted by molar-refractivity contribution is 0.0947. The van der Waals surface area contributed by atoms with E-state index in [0.29, 0.717) is 14.9 Å². The largest absolute Gasteiger partial charge is 0.506 e. The number of nitrogens with two attached hydrogens (primary N) is 1. The molecule has 0 radical (unpaired) electrons. The molecule has 0 atom stereocenters. The van der Waals surface area contributed by atoms with E-state index < -0.39 is 11.7 Å². The summed E-state index contributed by atoms with van der Waals surface area (Å²) in [6, 6.07) is 8.81. The van der Waals surface area contributed by atoms with Crippen molar-refractivity contribution in [3.05, 3.63) is 66.3 Å². The van der Waals surface area contributed by atoms with Crippen molar-refractivity contribution in [1.29, 1.82) is 0 Å². The van der Waals surface area contributed by atoms with Gasteiger partial charge >= 0.3 is 0 Å². The van der Waals surface area contributed by atoms with Gasteiger partial charge in [-0.1, -0.05) is 5.21 Å². The third kappa shape index (κ3) is 5.24. The lowest BCUT2D eigenvalue weighted by Gasteiger charge is -2.08. The SMILES string of the molecule is Nc1nonc1-n1nnc(C(=O)N/N=C\c2cc(I)cc(I)c2O)c1COc1ccc(F)cc1. The number of halogens is 3. The van der Waals surface area contributed by atoms with Crippen LogP contribution in [-0.2, 0) is 6.61 Å². The van der Waals surface area contributed by atoms with E-state index in [4.69, 9.17) is 10.5 Å². The summed E-state index contributed by atoms with van der Waals surface area (Å²) in [5, 5.41) is 29.0. The zero-order valence-electron chi connectivity index (χ0n) is 16.8. The van der Waals surface area contributed by atoms with Crippen molar-refractivity contribution in [2.45, 2.75) is 6.61 Å². The number of ether oxygens (including phenoxy) is 1. The molecule has 34 heavy (non-hydrogen) atoms. The van der Waals surface area contributed by atoms with E-state index in [0.717, 1.165) is 8.25 Å². The Balaban J connectivity index is 1.59. The van der Waals surface area contributed by atoms with E-state index in [1.165, 1.54) is 30.5 Å². The number of hydrazone groups is 1. The molecule has 12 nitrogen and oxygen atoms in total. The number of rotatable bonds is 7. The monoisotopic (exact) mass is 690 g/mol. The number of anilines is 1. The maximum Gasteiger partial charge on any atom is 0.293 e. The molecule has 0 aliphatic heterocycles. The zero-order valence-corrected chi connectivity index (χ0v) is 21.1. The molecule has 4 aromatic rings. The Bertz CT molecular complexity index is 1370. The maximum atomic E-state index is 13.2. The van der Waals surface area contributed by atoms with Gasteiger partial charge in [0.25, 0.3) is 5.91 Å². The Hall–Kier alpha value is -3.35. The van der Waals surface area contributed by atoms with Crippen molar-refractivity contribution in [2.75, 3.05) is 5.73 Å². The van der Waals surface area contributed by atoms with E-state index >= 15 is 0 Å². The third-order valence-corrected chi connectivity index (χ3v) is 5.74. The first-order valence-electron chi connectivity index (χ1n) is 9.26. The molecule has 0 spiro atoms. The first-order valence-corrected chi connectivity index (χ1v) is 11.4. The van der Waals surface area contributed by atoms with Crippen molar-refractivity contribution in [1.82, 2.24) is 30.7 Å². The fourth-order valence-corrected chi connectivity index (χ4v) is 4.59. The van der Waals surface area contributed by atoms with Gasteiger partial charge < -0.3 is 15.6 Å². The van der Waals surface area contributed by atoms with Gasteiger partial charge in [-0.05, 0) is 91.9 Å². The molecular formula is C19H13FI2N8O4. The van der Waals surface area contributed by atoms with Crippen LogP contribution in [0.2, 0.25) is 0 Å². The number of nitrogens with zero attached hydrogens (tertiary/aromatic N) is 6. The summed E-state index contributed by atoms with van der Waals surface area (Å²) in [5.41, 5.74) is 8.52. The van der Waals surface area contributed by atoms with Gasteiger partial charge in [0.2, 0.25) is 11.6 Å². The number of aromatic nitrogens is 5. The lowest BCUT2D eigenvalue weighted by atomic mass is 10.2. The Kier molecular flexibility index (Phi) is 7.20. The smallest absolute Gasteiger partial charge is 0.293 e. The van der Waals surface area contributed by atoms with Crippen molar-refractivity contribution in [3.8, 4) is 17.3 Å². The molecule has 174 valence electrons. The number of benzene rings is 2. The minimum absolute atomic E-state index is 0.00566. The van der Waals surface area contributed by atoms with Crippen LogP contribution >= 0.6 is 45.2 Å². The molecule has 0 saturated heterocycles. The normalized spacial score (nSPS) is 11.1. The zero-order chi connectivity index (χ0) is 24.2. The molecule has 2 aromatic carbocycles. The van der Waals surface area contributed by atoms with Gasteiger partial charge in [0, 0.05) is 9.13 Å². The molecule has 15 heteroatoms. The van der Waals surface area contributed by atoms with Crippen LogP contribution in [0.25, 0.3) is 5.82 Å². The number of phenolic OH excluding ortho intramolecular Hbond substituents is 1. The Morgan fingerprint density at radius 2 is 2.06 bits per heavy atom. The Labute approximate surface area is 217 Å². The van der Waals surface area contributed by atoms with Gasteiger partial charge in [-0.2, -0.15) is 9.78 Å². The molecule has 0 unspecified atom stereocenters. The number of nitrogens with one attached hydrogen (secondary N) is 1. The second kappa shape index (κ2) is 10.3. The number of carbonyl (C=O) groups excluding carboxylic acids is 1. The number of carbonyl (C=O) groups is 1. The highest BCUT2D eigenvalue weighted by molar-refractivity contribution is 14.1. The van der Waals surface area contributed by atoms with Crippen molar-refractivity contribution in [2.24, 2.45) is 5.10 Å². The van der Waals surface area contributed by atoms with Crippen molar-refractivity contribution < 1.29 is 23.7 Å². The molecule has 4 N–H and O–H groups in total. The van der Waals surface area contributed by atoms with Gasteiger partial charge in [-0.3, -0.25) is 4.79 Å². The topological polar surface area (TPSA) is 167 Å². The molecule has 0 aliphatic carbocycles. The summed E-state index contributed by atoms with van der Waals surface area (Å²) >= 11 is 4.09. The van der Waals surface area contributed by atoms with Crippen LogP contribution in [0.1, 0.15) is 21.7 Å². The van der Waals surface area contributed by atoms with E-state index in [1.54, 1.807) is 12.1 Å². The predicted octanol–water partition coefficient (Wildman–Crippen LogP) is 2.63. The van der Waals surface area contributed by atoms with Crippen LogP contribution in [0.5, 0.6) is 11.5 Å². The minimum atomic E-state index is -0.713. The Morgan fingerprint density at radius 1 is 1.29 bits per heavy atom. The summed E-state index contributed by atoms with van der Waals surface area (Å²) in [6.07, 6.45) is 1.30. The first kappa shape index (κ1) is 23.8. The van der Waals surface area contributed by atoms with E-state index in [9.17, 15) is 14.3 Å². The van der Waals surface area contributed by atoms with Crippen LogP contribution in [0.3, 0.4) is 0 Å². The fourth-order valence-electron chi connectivity index (χ4n) is 2.70. The average Bonchev–Trinajstić information content (AvgIpc) is 3.42. The molecule has 0 saturated carbocycles. The third-order valence-electron chi connectivity index (χ3n) is 4.29. The summed E-state index contributed by atoms with van der Waals surface area (Å²) in [7, 11) is 0. The lowest BCUT2D eigenvalue weighted by Crippen LogP contribution is -2.21. The van der Waals surface area contributed by atoms with Gasteiger partial charge in [0.05, 0.1) is 9.78 Å². The summed E-state index contributed by atoms with van der Waals surface area (Å²) in [5.74, 6) is -0.837. The first-order chi connectivity index (χ1) is 16.3. The molecule has 2 aromatic heterocycles. The number of phenols is 1. The van der Waals surface area contributed by atoms with Gasteiger partial charge in [0.1, 0.15) is 29.6 Å². The number of nitrogen functional groups attached to an aromatic ring is 1. The highest BCUT2D eigenvalue weighted by atomic mass is 127. The van der Waals surface area contributed by atoms with Gasteiger partial charge in [0.15, 0.2) is 5.69 Å². The fraction of sp³-hybridized carbons (Fsp3) is 0.0526. The highest BCUT2D eigenvalue weighted by Crippen LogP contribution is 2.25. The second-order valence-electron chi connectivity index (χ2n) is 6.54. The maximum absolute atomic E-state index is 13.2. The van der Waals surface area contributed by atoms with Crippen LogP contribution in [0.15, 0.2) is 46.1 Å². The standard InChI is InChI=1S/C19H13FI2N8O4/c20-10-1-3-12(4-2-10)33-8-14-15(25-29-30(14)18-17(23)27-34-28-18)19(32)26-24-7-9-5-11(21)6-13(22)16(9)31/h1-7,31H,8H2,(H2,23,27)(H,26,32)/b24-7-. The number of amides is 1. The summed E-state index contributed by atoms with van der Waals surface area (Å²) in [6.45, 7) is -0.201. The highest BCUT2D eigenvalue weighted by Gasteiger charge is 2.24. The van der Waals surface area contributed by atoms with E-state index in [2.05, 4.69) is 58.4 Å². The molecule has 0 aliphatic rings. The molecule has 4 rings (SSSR count). The predicted molar refractivity (Wildman–Crippen MR) is 133 cm³/mol. The van der Waals surface area contributed by atoms with Crippen LogP contribution in [0, 0.1) is 13.0 Å². The molecule has 1 amide bonds. The number of hydrogen-bond donors (Lipinski definition) is 3. The van der Waals surface area contributed by atoms with Crippen LogP contribution < -0.4 is 15.9 Å². The molecule has 0 bridgehead atoms. The average molecular weight is 690 g/mol.